The molecule has 6 heteroatoms. The molecule has 4 aromatic rings. The van der Waals surface area contributed by atoms with Crippen LogP contribution in [0.15, 0.2) is 72.8 Å². The first-order valence-electron chi connectivity index (χ1n) is 8.76. The van der Waals surface area contributed by atoms with Crippen LogP contribution in [-0.4, -0.2) is 15.7 Å². The summed E-state index contributed by atoms with van der Waals surface area (Å²) in [6, 6.07) is 24.2. The van der Waals surface area contributed by atoms with E-state index in [-0.39, 0.29) is 5.91 Å². The molecule has 1 aromatic heterocycles. The first-order chi connectivity index (χ1) is 13.7. The highest BCUT2D eigenvalue weighted by atomic mass is 16.1. The number of anilines is 2. The van der Waals surface area contributed by atoms with Crippen molar-refractivity contribution in [3.8, 4) is 6.07 Å². The number of nitrogens with two attached hydrogens (primary N) is 1. The molecule has 0 saturated heterocycles. The Morgan fingerprint density at radius 3 is 2.50 bits per heavy atom. The summed E-state index contributed by atoms with van der Waals surface area (Å²) >= 11 is 0. The standard InChI is InChI=1S/C22H17N5O/c23-13-20-17-5-1-4-8-21(17)27(26-20)14-15-9-11-16(12-10-15)22(28)25-19-7-3-2-6-18(19)24/h1-12H,14,24H2,(H,25,28). The summed E-state index contributed by atoms with van der Waals surface area (Å²) < 4.78 is 1.80. The third-order valence-electron chi connectivity index (χ3n) is 4.52. The van der Waals surface area contributed by atoms with Gasteiger partial charge in [0.05, 0.1) is 23.4 Å². The molecule has 136 valence electrons. The average molecular weight is 367 g/mol. The molecule has 4 rings (SSSR count). The lowest BCUT2D eigenvalue weighted by Gasteiger charge is -2.09. The number of aromatic nitrogens is 2. The molecular weight excluding hydrogens is 350 g/mol. The van der Waals surface area contributed by atoms with Gasteiger partial charge < -0.3 is 11.1 Å². The zero-order valence-electron chi connectivity index (χ0n) is 15.0. The van der Waals surface area contributed by atoms with Crippen molar-refractivity contribution >= 4 is 28.2 Å². The van der Waals surface area contributed by atoms with Crippen LogP contribution in [0, 0.1) is 11.3 Å². The summed E-state index contributed by atoms with van der Waals surface area (Å²) in [7, 11) is 0. The monoisotopic (exact) mass is 367 g/mol. The molecule has 0 aliphatic heterocycles. The van der Waals surface area contributed by atoms with Gasteiger partial charge in [0.15, 0.2) is 5.69 Å². The number of amides is 1. The summed E-state index contributed by atoms with van der Waals surface area (Å²) in [4.78, 5) is 12.4. The summed E-state index contributed by atoms with van der Waals surface area (Å²) in [6.45, 7) is 0.510. The number of nitrogen functional groups attached to an aromatic ring is 1. The predicted molar refractivity (Wildman–Crippen MR) is 109 cm³/mol. The summed E-state index contributed by atoms with van der Waals surface area (Å²) in [5.74, 6) is -0.222. The van der Waals surface area contributed by atoms with Gasteiger partial charge in [0.2, 0.25) is 0 Å². The van der Waals surface area contributed by atoms with Crippen LogP contribution in [-0.2, 0) is 6.54 Å². The topological polar surface area (TPSA) is 96.7 Å². The number of carbonyl (C=O) groups is 1. The molecule has 0 aliphatic rings. The fourth-order valence-corrected chi connectivity index (χ4v) is 3.07. The Morgan fingerprint density at radius 1 is 1.04 bits per heavy atom. The number of hydrogen-bond acceptors (Lipinski definition) is 4. The zero-order valence-corrected chi connectivity index (χ0v) is 15.0. The van der Waals surface area contributed by atoms with Crippen molar-refractivity contribution in [3.63, 3.8) is 0 Å². The second kappa shape index (κ2) is 7.25. The van der Waals surface area contributed by atoms with Crippen LogP contribution >= 0.6 is 0 Å². The Hall–Kier alpha value is -4.11. The Kier molecular flexibility index (Phi) is 4.48. The van der Waals surface area contributed by atoms with Gasteiger partial charge in [-0.2, -0.15) is 10.4 Å². The zero-order chi connectivity index (χ0) is 19.5. The van der Waals surface area contributed by atoms with Crippen molar-refractivity contribution < 1.29 is 4.79 Å². The van der Waals surface area contributed by atoms with Crippen LogP contribution in [0.25, 0.3) is 10.9 Å². The number of nitrogens with zero attached hydrogens (tertiary/aromatic N) is 3. The van der Waals surface area contributed by atoms with E-state index in [4.69, 9.17) is 5.73 Å². The van der Waals surface area contributed by atoms with Gasteiger partial charge in [-0.05, 0) is 42.0 Å². The molecule has 0 radical (unpaired) electrons. The maximum atomic E-state index is 12.4. The first kappa shape index (κ1) is 17.3. The highest BCUT2D eigenvalue weighted by molar-refractivity contribution is 6.05. The van der Waals surface area contributed by atoms with E-state index in [9.17, 15) is 10.1 Å². The normalized spacial score (nSPS) is 10.5. The van der Waals surface area contributed by atoms with Gasteiger partial charge in [0.1, 0.15) is 6.07 Å². The second-order valence-electron chi connectivity index (χ2n) is 6.37. The molecule has 0 unspecified atom stereocenters. The van der Waals surface area contributed by atoms with Crippen LogP contribution in [0.5, 0.6) is 0 Å². The van der Waals surface area contributed by atoms with Crippen molar-refractivity contribution in [2.75, 3.05) is 11.1 Å². The van der Waals surface area contributed by atoms with Gasteiger partial charge in [0.25, 0.3) is 5.91 Å². The van der Waals surface area contributed by atoms with Crippen LogP contribution in [0.2, 0.25) is 0 Å². The van der Waals surface area contributed by atoms with Crippen LogP contribution in [0.1, 0.15) is 21.6 Å². The lowest BCUT2D eigenvalue weighted by atomic mass is 10.1. The lowest BCUT2D eigenvalue weighted by molar-refractivity contribution is 0.102. The minimum Gasteiger partial charge on any atom is -0.397 e. The summed E-state index contributed by atoms with van der Waals surface area (Å²) in [5.41, 5.74) is 9.80. The molecule has 0 atom stereocenters. The molecule has 28 heavy (non-hydrogen) atoms. The molecule has 6 nitrogen and oxygen atoms in total. The van der Waals surface area contributed by atoms with Gasteiger partial charge in [0, 0.05) is 10.9 Å². The number of hydrogen-bond donors (Lipinski definition) is 2. The molecule has 1 amide bonds. The number of nitrogens with one attached hydrogen (secondary N) is 1. The van der Waals surface area contributed by atoms with E-state index >= 15 is 0 Å². The highest BCUT2D eigenvalue weighted by Gasteiger charge is 2.11. The summed E-state index contributed by atoms with van der Waals surface area (Å²) in [6.07, 6.45) is 0. The SMILES string of the molecule is N#Cc1nn(Cc2ccc(C(=O)Nc3ccccc3N)cc2)c2ccccc12. The minimum absolute atomic E-state index is 0.222. The van der Waals surface area contributed by atoms with Crippen molar-refractivity contribution in [1.29, 1.82) is 5.26 Å². The predicted octanol–water partition coefficient (Wildman–Crippen LogP) is 3.79. The number of carbonyl (C=O) groups excluding carboxylic acids is 1. The molecule has 0 aliphatic carbocycles. The smallest absolute Gasteiger partial charge is 0.255 e. The van der Waals surface area contributed by atoms with Gasteiger partial charge in [-0.15, -0.1) is 0 Å². The van der Waals surface area contributed by atoms with Crippen molar-refractivity contribution in [2.45, 2.75) is 6.54 Å². The largest absolute Gasteiger partial charge is 0.397 e. The van der Waals surface area contributed by atoms with E-state index in [1.54, 1.807) is 28.9 Å². The van der Waals surface area contributed by atoms with E-state index in [0.717, 1.165) is 16.5 Å². The molecule has 0 spiro atoms. The van der Waals surface area contributed by atoms with Gasteiger partial charge >= 0.3 is 0 Å². The molecule has 0 fully saturated rings. The fourth-order valence-electron chi connectivity index (χ4n) is 3.07. The van der Waals surface area contributed by atoms with Crippen LogP contribution in [0.4, 0.5) is 11.4 Å². The molecule has 1 heterocycles. The Balaban J connectivity index is 1.54. The number of fused-ring (bicyclic) bond motifs is 1. The van der Waals surface area contributed by atoms with E-state index in [0.29, 0.717) is 29.2 Å². The van der Waals surface area contributed by atoms with Gasteiger partial charge in [-0.1, -0.05) is 36.4 Å². The maximum Gasteiger partial charge on any atom is 0.255 e. The number of benzene rings is 3. The molecule has 0 saturated carbocycles. The van der Waals surface area contributed by atoms with Gasteiger partial charge in [-0.25, -0.2) is 0 Å². The highest BCUT2D eigenvalue weighted by Crippen LogP contribution is 2.20. The van der Waals surface area contributed by atoms with E-state index in [1.165, 1.54) is 0 Å². The van der Waals surface area contributed by atoms with Gasteiger partial charge in [-0.3, -0.25) is 9.48 Å². The minimum atomic E-state index is -0.222. The van der Waals surface area contributed by atoms with E-state index in [2.05, 4.69) is 16.5 Å². The molecular formula is C22H17N5O. The molecule has 0 bridgehead atoms. The third-order valence-corrected chi connectivity index (χ3v) is 4.52. The first-order valence-corrected chi connectivity index (χ1v) is 8.76. The van der Waals surface area contributed by atoms with Crippen molar-refractivity contribution in [3.05, 3.63) is 89.6 Å². The summed E-state index contributed by atoms with van der Waals surface area (Å²) in [5, 5.41) is 17.3. The van der Waals surface area contributed by atoms with E-state index < -0.39 is 0 Å². The Labute approximate surface area is 161 Å². The Bertz CT molecular complexity index is 1200. The fraction of sp³-hybridized carbons (Fsp3) is 0.0455. The average Bonchev–Trinajstić information content (AvgIpc) is 3.08. The van der Waals surface area contributed by atoms with Crippen LogP contribution < -0.4 is 11.1 Å². The third kappa shape index (κ3) is 3.29. The number of para-hydroxylation sites is 3. The second-order valence-corrected chi connectivity index (χ2v) is 6.37. The molecule has 3 aromatic carbocycles. The van der Waals surface area contributed by atoms with Crippen molar-refractivity contribution in [1.82, 2.24) is 9.78 Å². The maximum absolute atomic E-state index is 12.4. The van der Waals surface area contributed by atoms with E-state index in [1.807, 2.05) is 48.5 Å². The molecule has 3 N–H and O–H groups in total. The Morgan fingerprint density at radius 2 is 1.75 bits per heavy atom. The van der Waals surface area contributed by atoms with Crippen LogP contribution in [0.3, 0.4) is 0 Å². The lowest BCUT2D eigenvalue weighted by Crippen LogP contribution is -2.13. The number of nitriles is 1. The quantitative estimate of drug-likeness (QED) is 0.536. The van der Waals surface area contributed by atoms with Crippen molar-refractivity contribution in [2.24, 2.45) is 0 Å². The number of rotatable bonds is 4.